The van der Waals surface area contributed by atoms with Crippen LogP contribution in [0.1, 0.15) is 27.8 Å². The van der Waals surface area contributed by atoms with Crippen LogP contribution in [0.4, 0.5) is 0 Å². The zero-order valence-corrected chi connectivity index (χ0v) is 12.0. The van der Waals surface area contributed by atoms with Crippen LogP contribution in [0.25, 0.3) is 12.2 Å². The highest BCUT2D eigenvalue weighted by molar-refractivity contribution is 5.73. The quantitative estimate of drug-likeness (QED) is 0.714. The van der Waals surface area contributed by atoms with Gasteiger partial charge in [-0.3, -0.25) is 0 Å². The van der Waals surface area contributed by atoms with Gasteiger partial charge >= 0.3 is 0 Å². The van der Waals surface area contributed by atoms with Crippen LogP contribution in [0.15, 0.2) is 36.4 Å². The maximum absolute atomic E-state index is 5.16. The second kappa shape index (κ2) is 5.75. The topological polar surface area (TPSA) is 9.23 Å². The highest BCUT2D eigenvalue weighted by Crippen LogP contribution is 2.20. The minimum Gasteiger partial charge on any atom is -0.497 e. The SMILES string of the molecule is COc1ccc(C=Cc2c(C)cc(C)cc2C)cc1. The predicted molar refractivity (Wildman–Crippen MR) is 82.6 cm³/mol. The van der Waals surface area contributed by atoms with E-state index in [4.69, 9.17) is 4.74 Å². The Morgan fingerprint density at radius 3 is 1.95 bits per heavy atom. The Hall–Kier alpha value is -2.02. The van der Waals surface area contributed by atoms with Gasteiger partial charge in [-0.05, 0) is 55.2 Å². The minimum atomic E-state index is 0.889. The average molecular weight is 252 g/mol. The second-order valence-corrected chi connectivity index (χ2v) is 4.92. The molecule has 0 aromatic heterocycles. The molecule has 0 aliphatic carbocycles. The molecule has 0 aliphatic heterocycles. The van der Waals surface area contributed by atoms with E-state index in [1.165, 1.54) is 27.8 Å². The molecule has 0 bridgehead atoms. The summed E-state index contributed by atoms with van der Waals surface area (Å²) in [6.45, 7) is 6.46. The van der Waals surface area contributed by atoms with Crippen molar-refractivity contribution in [3.05, 3.63) is 64.2 Å². The molecule has 0 unspecified atom stereocenters. The maximum Gasteiger partial charge on any atom is 0.118 e. The molecule has 2 aromatic carbocycles. The molecule has 0 amide bonds. The van der Waals surface area contributed by atoms with Crippen LogP contribution in [0.3, 0.4) is 0 Å². The maximum atomic E-state index is 5.16. The van der Waals surface area contributed by atoms with Gasteiger partial charge in [0.1, 0.15) is 5.75 Å². The zero-order chi connectivity index (χ0) is 13.8. The number of methoxy groups -OCH3 is 1. The van der Waals surface area contributed by atoms with Gasteiger partial charge < -0.3 is 4.74 Å². The minimum absolute atomic E-state index is 0.889. The molecule has 0 saturated heterocycles. The van der Waals surface area contributed by atoms with E-state index in [2.05, 4.69) is 57.2 Å². The third-order valence-electron chi connectivity index (χ3n) is 3.30. The van der Waals surface area contributed by atoms with Crippen molar-refractivity contribution in [3.63, 3.8) is 0 Å². The van der Waals surface area contributed by atoms with Gasteiger partial charge in [0.25, 0.3) is 0 Å². The summed E-state index contributed by atoms with van der Waals surface area (Å²) in [6, 6.07) is 12.5. The Labute approximate surface area is 115 Å². The molecular formula is C18H20O. The summed E-state index contributed by atoms with van der Waals surface area (Å²) in [4.78, 5) is 0. The van der Waals surface area contributed by atoms with Crippen LogP contribution >= 0.6 is 0 Å². The fourth-order valence-electron chi connectivity index (χ4n) is 2.35. The van der Waals surface area contributed by atoms with Gasteiger partial charge in [-0.15, -0.1) is 0 Å². The molecule has 0 atom stereocenters. The second-order valence-electron chi connectivity index (χ2n) is 4.92. The van der Waals surface area contributed by atoms with E-state index in [9.17, 15) is 0 Å². The average Bonchev–Trinajstić information content (AvgIpc) is 2.38. The van der Waals surface area contributed by atoms with E-state index >= 15 is 0 Å². The normalized spacial score (nSPS) is 10.9. The highest BCUT2D eigenvalue weighted by Gasteiger charge is 2.00. The first kappa shape index (κ1) is 13.4. The summed E-state index contributed by atoms with van der Waals surface area (Å²) in [5.74, 6) is 0.889. The monoisotopic (exact) mass is 252 g/mol. The van der Waals surface area contributed by atoms with Gasteiger partial charge in [0.2, 0.25) is 0 Å². The Balaban J connectivity index is 2.27. The molecule has 0 spiro atoms. The van der Waals surface area contributed by atoms with Crippen molar-refractivity contribution < 1.29 is 4.74 Å². The number of hydrogen-bond donors (Lipinski definition) is 0. The molecule has 0 radical (unpaired) electrons. The molecule has 19 heavy (non-hydrogen) atoms. The van der Waals surface area contributed by atoms with Gasteiger partial charge in [0.05, 0.1) is 7.11 Å². The summed E-state index contributed by atoms with van der Waals surface area (Å²) in [5.41, 5.74) is 6.45. The number of hydrogen-bond acceptors (Lipinski definition) is 1. The van der Waals surface area contributed by atoms with E-state index in [1.807, 2.05) is 12.1 Å². The molecule has 0 fully saturated rings. The molecule has 0 heterocycles. The zero-order valence-electron chi connectivity index (χ0n) is 12.0. The van der Waals surface area contributed by atoms with Gasteiger partial charge in [0, 0.05) is 0 Å². The number of rotatable bonds is 3. The summed E-state index contributed by atoms with van der Waals surface area (Å²) in [5, 5.41) is 0. The van der Waals surface area contributed by atoms with Gasteiger partial charge in [0.15, 0.2) is 0 Å². The molecule has 98 valence electrons. The predicted octanol–water partition coefficient (Wildman–Crippen LogP) is 4.79. The van der Waals surface area contributed by atoms with Crippen molar-refractivity contribution in [1.29, 1.82) is 0 Å². The first-order valence-corrected chi connectivity index (χ1v) is 6.50. The summed E-state index contributed by atoms with van der Waals surface area (Å²) >= 11 is 0. The molecule has 0 N–H and O–H groups in total. The van der Waals surface area contributed by atoms with Crippen LogP contribution in [0, 0.1) is 20.8 Å². The standard InChI is InChI=1S/C18H20O/c1-13-11-14(2)18(15(3)12-13)10-7-16-5-8-17(19-4)9-6-16/h5-12H,1-4H3. The largest absolute Gasteiger partial charge is 0.497 e. The van der Waals surface area contributed by atoms with Crippen LogP contribution in [-0.4, -0.2) is 7.11 Å². The Kier molecular flexibility index (Phi) is 4.06. The van der Waals surface area contributed by atoms with Gasteiger partial charge in [-0.2, -0.15) is 0 Å². The van der Waals surface area contributed by atoms with E-state index in [-0.39, 0.29) is 0 Å². The highest BCUT2D eigenvalue weighted by atomic mass is 16.5. The summed E-state index contributed by atoms with van der Waals surface area (Å²) in [6.07, 6.45) is 4.33. The molecular weight excluding hydrogens is 232 g/mol. The fourth-order valence-corrected chi connectivity index (χ4v) is 2.35. The lowest BCUT2D eigenvalue weighted by Gasteiger charge is -2.07. The lowest BCUT2D eigenvalue weighted by Crippen LogP contribution is -1.88. The Morgan fingerprint density at radius 1 is 0.842 bits per heavy atom. The molecule has 2 aromatic rings. The third kappa shape index (κ3) is 3.25. The van der Waals surface area contributed by atoms with E-state index in [0.29, 0.717) is 0 Å². The lowest BCUT2D eigenvalue weighted by atomic mass is 9.99. The Morgan fingerprint density at radius 2 is 1.42 bits per heavy atom. The van der Waals surface area contributed by atoms with Gasteiger partial charge in [-0.1, -0.05) is 42.0 Å². The summed E-state index contributed by atoms with van der Waals surface area (Å²) in [7, 11) is 1.68. The van der Waals surface area contributed by atoms with Crippen molar-refractivity contribution in [2.75, 3.05) is 7.11 Å². The smallest absolute Gasteiger partial charge is 0.118 e. The molecule has 0 saturated carbocycles. The van der Waals surface area contributed by atoms with Crippen molar-refractivity contribution >= 4 is 12.2 Å². The van der Waals surface area contributed by atoms with Crippen molar-refractivity contribution in [2.45, 2.75) is 20.8 Å². The van der Waals surface area contributed by atoms with E-state index in [1.54, 1.807) is 7.11 Å². The van der Waals surface area contributed by atoms with Crippen LogP contribution in [-0.2, 0) is 0 Å². The molecule has 2 rings (SSSR count). The summed E-state index contributed by atoms with van der Waals surface area (Å²) < 4.78 is 5.16. The molecule has 0 aliphatic rings. The first-order valence-electron chi connectivity index (χ1n) is 6.50. The fraction of sp³-hybridized carbons (Fsp3) is 0.222. The number of aryl methyl sites for hydroxylation is 3. The lowest BCUT2D eigenvalue weighted by molar-refractivity contribution is 0.415. The number of benzene rings is 2. The van der Waals surface area contributed by atoms with Crippen LogP contribution in [0.2, 0.25) is 0 Å². The molecule has 1 heteroatoms. The number of ether oxygens (including phenoxy) is 1. The first-order chi connectivity index (χ1) is 9.10. The van der Waals surface area contributed by atoms with Crippen LogP contribution < -0.4 is 4.74 Å². The van der Waals surface area contributed by atoms with Gasteiger partial charge in [-0.25, -0.2) is 0 Å². The van der Waals surface area contributed by atoms with E-state index < -0.39 is 0 Å². The van der Waals surface area contributed by atoms with E-state index in [0.717, 1.165) is 5.75 Å². The Bertz CT molecular complexity index is 569. The third-order valence-corrected chi connectivity index (χ3v) is 3.30. The van der Waals surface area contributed by atoms with Crippen molar-refractivity contribution in [3.8, 4) is 5.75 Å². The van der Waals surface area contributed by atoms with Crippen LogP contribution in [0.5, 0.6) is 5.75 Å². The van der Waals surface area contributed by atoms with Crippen molar-refractivity contribution in [1.82, 2.24) is 0 Å². The molecule has 1 nitrogen and oxygen atoms in total. The van der Waals surface area contributed by atoms with Crippen molar-refractivity contribution in [2.24, 2.45) is 0 Å².